The third-order valence-electron chi connectivity index (χ3n) is 2.65. The molecule has 0 aliphatic heterocycles. The highest BCUT2D eigenvalue weighted by molar-refractivity contribution is 5.97. The molecule has 3 N–H and O–H groups in total. The largest absolute Gasteiger partial charge is 0.406 e. The van der Waals surface area contributed by atoms with Gasteiger partial charge in [-0.1, -0.05) is 13.8 Å². The molecule has 108 valence electrons. The lowest BCUT2D eigenvalue weighted by Gasteiger charge is -2.21. The molecule has 0 aliphatic carbocycles. The van der Waals surface area contributed by atoms with Crippen LogP contribution in [0.4, 0.5) is 18.9 Å². The summed E-state index contributed by atoms with van der Waals surface area (Å²) in [6, 6.07) is 0. The van der Waals surface area contributed by atoms with Gasteiger partial charge in [-0.25, -0.2) is 0 Å². The lowest BCUT2D eigenvalue weighted by Crippen LogP contribution is -2.39. The van der Waals surface area contributed by atoms with Crippen LogP contribution in [0.1, 0.15) is 42.9 Å². The Morgan fingerprint density at radius 2 is 2.05 bits per heavy atom. The lowest BCUT2D eigenvalue weighted by atomic mass is 10.1. The number of rotatable bonds is 4. The van der Waals surface area contributed by atoms with Crippen molar-refractivity contribution in [3.05, 3.63) is 11.4 Å². The van der Waals surface area contributed by atoms with Crippen LogP contribution < -0.4 is 5.73 Å². The quantitative estimate of drug-likeness (QED) is 0.886. The molecule has 1 aromatic rings. The average Bonchev–Trinajstić information content (AvgIpc) is 2.66. The Kier molecular flexibility index (Phi) is 4.43. The molecule has 0 aliphatic rings. The van der Waals surface area contributed by atoms with Gasteiger partial charge in [0.25, 0.3) is 5.91 Å². The van der Waals surface area contributed by atoms with Gasteiger partial charge in [-0.3, -0.25) is 9.89 Å². The van der Waals surface area contributed by atoms with Gasteiger partial charge in [0.2, 0.25) is 0 Å². The second kappa shape index (κ2) is 5.50. The average molecular weight is 278 g/mol. The molecule has 0 saturated heterocycles. The number of amides is 1. The van der Waals surface area contributed by atoms with Crippen molar-refractivity contribution in [2.45, 2.75) is 32.9 Å². The molecule has 0 aromatic carbocycles. The maximum Gasteiger partial charge on any atom is 0.406 e. The zero-order valence-electron chi connectivity index (χ0n) is 11.0. The zero-order chi connectivity index (χ0) is 14.8. The number of aromatic nitrogens is 2. The number of nitrogens with two attached hydrogens (primary N) is 1. The van der Waals surface area contributed by atoms with Crippen molar-refractivity contribution >= 4 is 11.6 Å². The number of nitrogens with zero attached hydrogens (tertiary/aromatic N) is 2. The molecule has 1 amide bonds. The third-order valence-corrected chi connectivity index (χ3v) is 2.65. The van der Waals surface area contributed by atoms with Gasteiger partial charge in [-0.15, -0.1) is 0 Å². The minimum absolute atomic E-state index is 0.00624. The molecule has 0 bridgehead atoms. The summed E-state index contributed by atoms with van der Waals surface area (Å²) in [7, 11) is 0. The third kappa shape index (κ3) is 3.62. The number of anilines is 1. The molecule has 19 heavy (non-hydrogen) atoms. The second-order valence-electron chi connectivity index (χ2n) is 4.49. The normalized spacial score (nSPS) is 11.9. The molecule has 5 nitrogen and oxygen atoms in total. The smallest absolute Gasteiger partial charge is 0.395 e. The minimum Gasteiger partial charge on any atom is -0.395 e. The van der Waals surface area contributed by atoms with Crippen molar-refractivity contribution in [1.82, 2.24) is 15.1 Å². The van der Waals surface area contributed by atoms with Crippen LogP contribution in [0.25, 0.3) is 0 Å². The van der Waals surface area contributed by atoms with E-state index >= 15 is 0 Å². The number of carbonyl (C=O) groups excluding carboxylic acids is 1. The van der Waals surface area contributed by atoms with Crippen LogP contribution in [0.5, 0.6) is 0 Å². The van der Waals surface area contributed by atoms with E-state index in [9.17, 15) is 18.0 Å². The standard InChI is InChI=1S/C11H17F3N4O/c1-4-18(5-11(12,13)14)10(19)9-7(15)8(6(2)3)16-17-9/h6H,4-5,15H2,1-3H3,(H,16,17). The van der Waals surface area contributed by atoms with Gasteiger partial charge in [0.05, 0.1) is 11.4 Å². The predicted octanol–water partition coefficient (Wildman–Crippen LogP) is 2.14. The van der Waals surface area contributed by atoms with E-state index in [1.165, 1.54) is 6.92 Å². The van der Waals surface area contributed by atoms with Crippen LogP contribution in [0.15, 0.2) is 0 Å². The first-order valence-corrected chi connectivity index (χ1v) is 5.87. The first-order valence-electron chi connectivity index (χ1n) is 5.87. The Morgan fingerprint density at radius 3 is 2.42 bits per heavy atom. The number of hydrogen-bond donors (Lipinski definition) is 2. The van der Waals surface area contributed by atoms with Crippen LogP contribution in [0.3, 0.4) is 0 Å². The lowest BCUT2D eigenvalue weighted by molar-refractivity contribution is -0.140. The summed E-state index contributed by atoms with van der Waals surface area (Å²) in [5.41, 5.74) is 6.24. The number of halogens is 3. The molecule has 1 heterocycles. The van der Waals surface area contributed by atoms with Crippen LogP contribution in [0.2, 0.25) is 0 Å². The molecule has 1 aromatic heterocycles. The molecule has 0 radical (unpaired) electrons. The number of carbonyl (C=O) groups is 1. The van der Waals surface area contributed by atoms with Crippen LogP contribution in [0, 0.1) is 0 Å². The van der Waals surface area contributed by atoms with Crippen molar-refractivity contribution < 1.29 is 18.0 Å². The summed E-state index contributed by atoms with van der Waals surface area (Å²) in [6.07, 6.45) is -4.45. The Bertz CT molecular complexity index is 453. The predicted molar refractivity (Wildman–Crippen MR) is 64.7 cm³/mol. The Balaban J connectivity index is 2.98. The highest BCUT2D eigenvalue weighted by atomic mass is 19.4. The van der Waals surface area contributed by atoms with E-state index in [1.807, 2.05) is 13.8 Å². The number of hydrogen-bond acceptors (Lipinski definition) is 3. The van der Waals surface area contributed by atoms with E-state index < -0.39 is 18.6 Å². The summed E-state index contributed by atoms with van der Waals surface area (Å²) >= 11 is 0. The van der Waals surface area contributed by atoms with E-state index in [0.717, 1.165) is 0 Å². The molecule has 0 fully saturated rings. The monoisotopic (exact) mass is 278 g/mol. The topological polar surface area (TPSA) is 75.0 Å². The molecule has 0 unspecified atom stereocenters. The fourth-order valence-electron chi connectivity index (χ4n) is 1.66. The molecular weight excluding hydrogens is 261 g/mol. The number of aromatic amines is 1. The van der Waals surface area contributed by atoms with Gasteiger partial charge < -0.3 is 10.6 Å². The summed E-state index contributed by atoms with van der Waals surface area (Å²) in [5.74, 6) is -0.813. The first-order chi connectivity index (χ1) is 8.67. The maximum atomic E-state index is 12.3. The van der Waals surface area contributed by atoms with E-state index in [4.69, 9.17) is 5.73 Å². The van der Waals surface area contributed by atoms with E-state index in [0.29, 0.717) is 10.6 Å². The van der Waals surface area contributed by atoms with E-state index in [-0.39, 0.29) is 23.8 Å². The van der Waals surface area contributed by atoms with Gasteiger partial charge >= 0.3 is 6.18 Å². The molecule has 8 heteroatoms. The Morgan fingerprint density at radius 1 is 1.47 bits per heavy atom. The first kappa shape index (κ1) is 15.3. The zero-order valence-corrected chi connectivity index (χ0v) is 11.0. The second-order valence-corrected chi connectivity index (χ2v) is 4.49. The van der Waals surface area contributed by atoms with Gasteiger partial charge in [-0.05, 0) is 12.8 Å². The summed E-state index contributed by atoms with van der Waals surface area (Å²) in [6.45, 7) is 3.76. The molecular formula is C11H17F3N4O. The van der Waals surface area contributed by atoms with E-state index in [1.54, 1.807) is 0 Å². The van der Waals surface area contributed by atoms with Crippen molar-refractivity contribution in [2.24, 2.45) is 0 Å². The highest BCUT2D eigenvalue weighted by Crippen LogP contribution is 2.24. The molecule has 1 rings (SSSR count). The van der Waals surface area contributed by atoms with Gasteiger partial charge in [0.15, 0.2) is 5.69 Å². The number of H-pyrrole nitrogens is 1. The van der Waals surface area contributed by atoms with Gasteiger partial charge in [-0.2, -0.15) is 18.3 Å². The van der Waals surface area contributed by atoms with Crippen LogP contribution in [-0.4, -0.2) is 40.3 Å². The fourth-order valence-corrected chi connectivity index (χ4v) is 1.66. The van der Waals surface area contributed by atoms with Crippen molar-refractivity contribution in [3.8, 4) is 0 Å². The van der Waals surface area contributed by atoms with Gasteiger partial charge in [0, 0.05) is 6.54 Å². The van der Waals surface area contributed by atoms with Crippen molar-refractivity contribution in [2.75, 3.05) is 18.8 Å². The summed E-state index contributed by atoms with van der Waals surface area (Å²) < 4.78 is 37.0. The Hall–Kier alpha value is -1.73. The minimum atomic E-state index is -4.45. The van der Waals surface area contributed by atoms with Crippen molar-refractivity contribution in [3.63, 3.8) is 0 Å². The maximum absolute atomic E-state index is 12.3. The van der Waals surface area contributed by atoms with Crippen LogP contribution >= 0.6 is 0 Å². The molecule has 0 atom stereocenters. The summed E-state index contributed by atoms with van der Waals surface area (Å²) in [4.78, 5) is 12.6. The van der Waals surface area contributed by atoms with Crippen molar-refractivity contribution in [1.29, 1.82) is 0 Å². The molecule has 0 spiro atoms. The SMILES string of the molecule is CCN(CC(F)(F)F)C(=O)c1n[nH]c(C(C)C)c1N. The van der Waals surface area contributed by atoms with E-state index in [2.05, 4.69) is 10.2 Å². The number of nitrogen functional groups attached to an aromatic ring is 1. The molecule has 0 saturated carbocycles. The Labute approximate surface area is 109 Å². The van der Waals surface area contributed by atoms with Crippen LogP contribution in [-0.2, 0) is 0 Å². The van der Waals surface area contributed by atoms with Gasteiger partial charge in [0.1, 0.15) is 6.54 Å². The summed E-state index contributed by atoms with van der Waals surface area (Å²) in [5, 5.41) is 6.32. The number of nitrogens with one attached hydrogen (secondary N) is 1. The highest BCUT2D eigenvalue weighted by Gasteiger charge is 2.34. The fraction of sp³-hybridized carbons (Fsp3) is 0.636. The number of alkyl halides is 3.